The second-order valence-corrected chi connectivity index (χ2v) is 5.15. The van der Waals surface area contributed by atoms with E-state index < -0.39 is 46.9 Å². The van der Waals surface area contributed by atoms with Crippen molar-refractivity contribution in [3.05, 3.63) is 34.9 Å². The van der Waals surface area contributed by atoms with Gasteiger partial charge in [0.15, 0.2) is 0 Å². The molecule has 1 atom stereocenters. The molecule has 0 spiro atoms. The normalized spacial score (nSPS) is 13.4. The van der Waals surface area contributed by atoms with Crippen molar-refractivity contribution < 1.29 is 35.9 Å². The standard InChI is InChI=1S/C14H15F6N3O2/c15-13(16,17)8-4-7(5-9(6-8)14(18,19)20)12(25)23-10(11(22)24)2-1-3-21/h4-6,10H,1-3,21H2,(H2,22,24)(H,23,25)/t10-/m0/s1. The van der Waals surface area contributed by atoms with E-state index >= 15 is 0 Å². The fourth-order valence-electron chi connectivity index (χ4n) is 1.94. The summed E-state index contributed by atoms with van der Waals surface area (Å²) in [7, 11) is 0. The largest absolute Gasteiger partial charge is 0.416 e. The van der Waals surface area contributed by atoms with Gasteiger partial charge in [-0.2, -0.15) is 26.3 Å². The lowest BCUT2D eigenvalue weighted by molar-refractivity contribution is -0.143. The summed E-state index contributed by atoms with van der Waals surface area (Å²) >= 11 is 0. The lowest BCUT2D eigenvalue weighted by Crippen LogP contribution is -2.44. The fraction of sp³-hybridized carbons (Fsp3) is 0.429. The first kappa shape index (κ1) is 20.7. The third-order valence-electron chi connectivity index (χ3n) is 3.20. The Balaban J connectivity index is 3.21. The van der Waals surface area contributed by atoms with Crippen molar-refractivity contribution in [2.24, 2.45) is 11.5 Å². The molecular formula is C14H15F6N3O2. The van der Waals surface area contributed by atoms with E-state index in [1.807, 2.05) is 5.32 Å². The van der Waals surface area contributed by atoms with Crippen LogP contribution in [0.2, 0.25) is 0 Å². The summed E-state index contributed by atoms with van der Waals surface area (Å²) in [6.45, 7) is 0.154. The summed E-state index contributed by atoms with van der Waals surface area (Å²) in [5.41, 5.74) is 6.13. The molecule has 0 saturated carbocycles. The van der Waals surface area contributed by atoms with Crippen LogP contribution in [0, 0.1) is 0 Å². The van der Waals surface area contributed by atoms with E-state index in [4.69, 9.17) is 11.5 Å². The molecule has 0 fully saturated rings. The number of benzene rings is 1. The number of hydrogen-bond acceptors (Lipinski definition) is 3. The number of nitrogens with two attached hydrogens (primary N) is 2. The third kappa shape index (κ3) is 5.93. The number of hydrogen-bond donors (Lipinski definition) is 3. The molecule has 2 amide bonds. The average Bonchev–Trinajstić information content (AvgIpc) is 2.48. The van der Waals surface area contributed by atoms with Crippen molar-refractivity contribution in [3.8, 4) is 0 Å². The molecule has 0 aromatic heterocycles. The van der Waals surface area contributed by atoms with Gasteiger partial charge in [0, 0.05) is 5.56 Å². The molecule has 1 aromatic rings. The molecule has 0 aliphatic carbocycles. The predicted octanol–water partition coefficient (Wildman–Crippen LogP) is 2.05. The minimum Gasteiger partial charge on any atom is -0.368 e. The number of carbonyl (C=O) groups excluding carboxylic acids is 2. The van der Waals surface area contributed by atoms with Crippen LogP contribution in [-0.4, -0.2) is 24.4 Å². The first-order valence-corrected chi connectivity index (χ1v) is 6.96. The molecule has 25 heavy (non-hydrogen) atoms. The van der Waals surface area contributed by atoms with Crippen LogP contribution in [0.4, 0.5) is 26.3 Å². The molecule has 0 radical (unpaired) electrons. The number of carbonyl (C=O) groups is 2. The summed E-state index contributed by atoms with van der Waals surface area (Å²) in [4.78, 5) is 23.2. The van der Waals surface area contributed by atoms with Crippen molar-refractivity contribution in [2.45, 2.75) is 31.2 Å². The Kier molecular flexibility index (Phi) is 6.41. The molecule has 1 aromatic carbocycles. The zero-order chi connectivity index (χ0) is 19.4. The maximum absolute atomic E-state index is 12.8. The van der Waals surface area contributed by atoms with Crippen LogP contribution < -0.4 is 16.8 Å². The Morgan fingerprint density at radius 3 is 1.84 bits per heavy atom. The molecule has 1 rings (SSSR count). The number of nitrogens with one attached hydrogen (secondary N) is 1. The molecule has 5 N–H and O–H groups in total. The molecule has 140 valence electrons. The number of amides is 2. The van der Waals surface area contributed by atoms with Gasteiger partial charge in [0.2, 0.25) is 5.91 Å². The number of alkyl halides is 6. The number of halogens is 6. The minimum atomic E-state index is -5.08. The lowest BCUT2D eigenvalue weighted by atomic mass is 10.0. The van der Waals surface area contributed by atoms with Crippen molar-refractivity contribution in [2.75, 3.05) is 6.54 Å². The molecule has 5 nitrogen and oxygen atoms in total. The van der Waals surface area contributed by atoms with Crippen molar-refractivity contribution in [1.29, 1.82) is 0 Å². The topological polar surface area (TPSA) is 98.2 Å². The van der Waals surface area contributed by atoms with Crippen molar-refractivity contribution >= 4 is 11.8 Å². The van der Waals surface area contributed by atoms with Crippen LogP contribution in [0.5, 0.6) is 0 Å². The van der Waals surface area contributed by atoms with Crippen LogP contribution in [-0.2, 0) is 17.1 Å². The second-order valence-electron chi connectivity index (χ2n) is 5.15. The molecule has 0 saturated heterocycles. The van der Waals surface area contributed by atoms with Crippen LogP contribution >= 0.6 is 0 Å². The van der Waals surface area contributed by atoms with Crippen LogP contribution in [0.1, 0.15) is 34.3 Å². The minimum absolute atomic E-state index is 0.00264. The van der Waals surface area contributed by atoms with Gasteiger partial charge in [0.1, 0.15) is 6.04 Å². The van der Waals surface area contributed by atoms with Gasteiger partial charge >= 0.3 is 12.4 Å². The molecule has 0 unspecified atom stereocenters. The van der Waals surface area contributed by atoms with E-state index in [2.05, 4.69) is 0 Å². The summed E-state index contributed by atoms with van der Waals surface area (Å²) < 4.78 is 76.6. The quantitative estimate of drug-likeness (QED) is 0.668. The number of primary amides is 1. The summed E-state index contributed by atoms with van der Waals surface area (Å²) in [5, 5.41) is 2.02. The zero-order valence-electron chi connectivity index (χ0n) is 12.7. The number of rotatable bonds is 6. The van der Waals surface area contributed by atoms with Crippen molar-refractivity contribution in [3.63, 3.8) is 0 Å². The maximum Gasteiger partial charge on any atom is 0.416 e. The first-order chi connectivity index (χ1) is 11.4. The van der Waals surface area contributed by atoms with E-state index in [0.29, 0.717) is 0 Å². The van der Waals surface area contributed by atoms with Gasteiger partial charge in [-0.15, -0.1) is 0 Å². The molecule has 11 heteroatoms. The third-order valence-corrected chi connectivity index (χ3v) is 3.20. The zero-order valence-corrected chi connectivity index (χ0v) is 12.7. The fourth-order valence-corrected chi connectivity index (χ4v) is 1.94. The van der Waals surface area contributed by atoms with Gasteiger partial charge < -0.3 is 16.8 Å². The molecule has 0 bridgehead atoms. The van der Waals surface area contributed by atoms with E-state index in [0.717, 1.165) is 0 Å². The predicted molar refractivity (Wildman–Crippen MR) is 75.2 cm³/mol. The summed E-state index contributed by atoms with van der Waals surface area (Å²) in [6.07, 6.45) is -9.90. The monoisotopic (exact) mass is 371 g/mol. The molecule has 0 heterocycles. The van der Waals surface area contributed by atoms with Gasteiger partial charge in [0.25, 0.3) is 5.91 Å². The Morgan fingerprint density at radius 2 is 1.48 bits per heavy atom. The van der Waals surface area contributed by atoms with E-state index in [9.17, 15) is 35.9 Å². The van der Waals surface area contributed by atoms with Gasteiger partial charge in [-0.1, -0.05) is 0 Å². The van der Waals surface area contributed by atoms with E-state index in [-0.39, 0.29) is 37.6 Å². The van der Waals surface area contributed by atoms with Crippen LogP contribution in [0.3, 0.4) is 0 Å². The van der Waals surface area contributed by atoms with E-state index in [1.165, 1.54) is 0 Å². The highest BCUT2D eigenvalue weighted by atomic mass is 19.4. The molecular weight excluding hydrogens is 356 g/mol. The highest BCUT2D eigenvalue weighted by Gasteiger charge is 2.37. The summed E-state index contributed by atoms with van der Waals surface area (Å²) in [5.74, 6) is -2.26. The van der Waals surface area contributed by atoms with E-state index in [1.54, 1.807) is 0 Å². The maximum atomic E-state index is 12.8. The lowest BCUT2D eigenvalue weighted by Gasteiger charge is -2.17. The Bertz CT molecular complexity index is 610. The first-order valence-electron chi connectivity index (χ1n) is 6.96. The highest BCUT2D eigenvalue weighted by molar-refractivity contribution is 5.97. The van der Waals surface area contributed by atoms with Gasteiger partial charge in [-0.25, -0.2) is 0 Å². The smallest absolute Gasteiger partial charge is 0.368 e. The molecule has 0 aliphatic rings. The van der Waals surface area contributed by atoms with Gasteiger partial charge in [0.05, 0.1) is 11.1 Å². The Hall–Kier alpha value is -2.30. The Morgan fingerprint density at radius 1 is 1.00 bits per heavy atom. The van der Waals surface area contributed by atoms with Gasteiger partial charge in [-0.05, 0) is 37.6 Å². The van der Waals surface area contributed by atoms with Crippen molar-refractivity contribution in [1.82, 2.24) is 5.32 Å². The SMILES string of the molecule is NCCC[C@H](NC(=O)c1cc(C(F)(F)F)cc(C(F)(F)F)c1)C(N)=O. The average molecular weight is 371 g/mol. The van der Waals surface area contributed by atoms with Crippen LogP contribution in [0.25, 0.3) is 0 Å². The second kappa shape index (κ2) is 7.72. The highest BCUT2D eigenvalue weighted by Crippen LogP contribution is 2.36. The molecule has 0 aliphatic heterocycles. The van der Waals surface area contributed by atoms with Crippen LogP contribution in [0.15, 0.2) is 18.2 Å². The van der Waals surface area contributed by atoms with Gasteiger partial charge in [-0.3, -0.25) is 9.59 Å². The Labute approximate surface area is 138 Å². The summed E-state index contributed by atoms with van der Waals surface area (Å²) in [6, 6.07) is -0.826.